The number of hydrogen-bond acceptors (Lipinski definition) is 5. The topological polar surface area (TPSA) is 62.1 Å². The lowest BCUT2D eigenvalue weighted by Crippen LogP contribution is -2.27. The van der Waals surface area contributed by atoms with Crippen molar-refractivity contribution in [2.24, 2.45) is 0 Å². The number of aryl methyl sites for hydroxylation is 1. The van der Waals surface area contributed by atoms with Gasteiger partial charge >= 0.3 is 0 Å². The number of aliphatic hydroxyl groups is 1. The van der Waals surface area contributed by atoms with Crippen molar-refractivity contribution < 1.29 is 5.11 Å². The Labute approximate surface area is 154 Å². The molecule has 5 heteroatoms. The van der Waals surface area contributed by atoms with Crippen molar-refractivity contribution in [1.82, 2.24) is 19.9 Å². The van der Waals surface area contributed by atoms with Crippen molar-refractivity contribution in [2.75, 3.05) is 13.2 Å². The Morgan fingerprint density at radius 2 is 1.50 bits per heavy atom. The average molecular weight is 348 g/mol. The molecule has 0 fully saturated rings. The first-order valence-electron chi connectivity index (χ1n) is 8.94. The lowest BCUT2D eigenvalue weighted by molar-refractivity contribution is 0.181. The van der Waals surface area contributed by atoms with Gasteiger partial charge in [0.2, 0.25) is 0 Å². The maximum Gasteiger partial charge on any atom is 0.0890 e. The predicted octanol–water partition coefficient (Wildman–Crippen LogP) is 3.10. The first kappa shape index (κ1) is 18.2. The lowest BCUT2D eigenvalue weighted by atomic mass is 10.2. The van der Waals surface area contributed by atoms with Crippen molar-refractivity contribution in [3.05, 3.63) is 77.9 Å². The third-order valence-electron chi connectivity index (χ3n) is 4.15. The number of nitrogens with zero attached hydrogens (tertiary/aromatic N) is 4. The Morgan fingerprint density at radius 1 is 0.808 bits per heavy atom. The average Bonchev–Trinajstić information content (AvgIpc) is 2.69. The first-order valence-corrected chi connectivity index (χ1v) is 8.94. The van der Waals surface area contributed by atoms with Crippen LogP contribution < -0.4 is 0 Å². The van der Waals surface area contributed by atoms with Crippen LogP contribution in [0.3, 0.4) is 0 Å². The fraction of sp³-hybridized carbons (Fsp3) is 0.286. The summed E-state index contributed by atoms with van der Waals surface area (Å²) in [5, 5.41) is 9.43. The highest BCUT2D eigenvalue weighted by atomic mass is 16.3. The lowest BCUT2D eigenvalue weighted by Gasteiger charge is -2.21. The molecule has 26 heavy (non-hydrogen) atoms. The van der Waals surface area contributed by atoms with Crippen LogP contribution in [0.2, 0.25) is 0 Å². The molecule has 0 saturated heterocycles. The summed E-state index contributed by atoms with van der Waals surface area (Å²) in [4.78, 5) is 15.9. The van der Waals surface area contributed by atoms with Gasteiger partial charge in [-0.2, -0.15) is 0 Å². The van der Waals surface area contributed by atoms with Crippen molar-refractivity contribution in [3.8, 4) is 11.4 Å². The molecule has 0 atom stereocenters. The molecular weight excluding hydrogens is 324 g/mol. The minimum Gasteiger partial charge on any atom is -0.395 e. The maximum atomic E-state index is 9.43. The fourth-order valence-corrected chi connectivity index (χ4v) is 2.85. The summed E-state index contributed by atoms with van der Waals surface area (Å²) in [6.45, 7) is 4.12. The molecule has 3 rings (SSSR count). The van der Waals surface area contributed by atoms with E-state index >= 15 is 0 Å². The molecule has 0 aliphatic heterocycles. The summed E-state index contributed by atoms with van der Waals surface area (Å²) in [5.41, 5.74) is 4.77. The quantitative estimate of drug-likeness (QED) is 0.678. The van der Waals surface area contributed by atoms with Gasteiger partial charge in [-0.05, 0) is 42.8 Å². The van der Waals surface area contributed by atoms with Gasteiger partial charge in [0.1, 0.15) is 0 Å². The summed E-state index contributed by atoms with van der Waals surface area (Å²) in [6.07, 6.45) is 2.69. The second-order valence-corrected chi connectivity index (χ2v) is 6.14. The van der Waals surface area contributed by atoms with Crippen molar-refractivity contribution in [3.63, 3.8) is 0 Å². The van der Waals surface area contributed by atoms with Gasteiger partial charge in [0, 0.05) is 31.5 Å². The highest BCUT2D eigenvalue weighted by molar-refractivity contribution is 5.53. The molecular formula is C21H24N4O. The van der Waals surface area contributed by atoms with Gasteiger partial charge in [-0.25, -0.2) is 4.98 Å². The molecule has 3 aromatic heterocycles. The molecule has 3 aromatic rings. The molecule has 0 aliphatic rings. The van der Waals surface area contributed by atoms with Gasteiger partial charge in [0.05, 0.1) is 29.4 Å². The normalized spacial score (nSPS) is 11.0. The molecule has 0 aromatic carbocycles. The number of rotatable bonds is 8. The minimum absolute atomic E-state index is 0.105. The van der Waals surface area contributed by atoms with Crippen LogP contribution in [-0.2, 0) is 19.5 Å². The number of aromatic nitrogens is 3. The zero-order valence-corrected chi connectivity index (χ0v) is 15.0. The van der Waals surface area contributed by atoms with E-state index in [1.165, 1.54) is 0 Å². The Balaban J connectivity index is 1.75. The van der Waals surface area contributed by atoms with E-state index in [2.05, 4.69) is 21.8 Å². The van der Waals surface area contributed by atoms with E-state index in [4.69, 9.17) is 4.98 Å². The van der Waals surface area contributed by atoms with Gasteiger partial charge in [-0.3, -0.25) is 14.9 Å². The summed E-state index contributed by atoms with van der Waals surface area (Å²) in [5.74, 6) is 0. The van der Waals surface area contributed by atoms with E-state index < -0.39 is 0 Å². The summed E-state index contributed by atoms with van der Waals surface area (Å²) in [6, 6.07) is 17.9. The number of hydrogen-bond donors (Lipinski definition) is 1. The van der Waals surface area contributed by atoms with Crippen LogP contribution in [0.25, 0.3) is 11.4 Å². The largest absolute Gasteiger partial charge is 0.395 e. The van der Waals surface area contributed by atoms with Crippen molar-refractivity contribution in [1.29, 1.82) is 0 Å². The van der Waals surface area contributed by atoms with Crippen LogP contribution in [-0.4, -0.2) is 38.1 Å². The van der Waals surface area contributed by atoms with Crippen LogP contribution in [0.15, 0.2) is 60.8 Å². The van der Waals surface area contributed by atoms with Gasteiger partial charge in [-0.1, -0.05) is 25.1 Å². The second-order valence-electron chi connectivity index (χ2n) is 6.14. The van der Waals surface area contributed by atoms with Crippen LogP contribution in [0.4, 0.5) is 0 Å². The molecule has 134 valence electrons. The monoisotopic (exact) mass is 348 g/mol. The van der Waals surface area contributed by atoms with E-state index in [1.54, 1.807) is 6.20 Å². The number of aliphatic hydroxyl groups excluding tert-OH is 1. The third kappa shape index (κ3) is 4.94. The van der Waals surface area contributed by atoms with E-state index in [9.17, 15) is 5.11 Å². The van der Waals surface area contributed by atoms with Crippen molar-refractivity contribution >= 4 is 0 Å². The molecule has 0 aliphatic carbocycles. The molecule has 0 saturated carbocycles. The second kappa shape index (κ2) is 9.17. The highest BCUT2D eigenvalue weighted by Crippen LogP contribution is 2.15. The predicted molar refractivity (Wildman–Crippen MR) is 102 cm³/mol. The highest BCUT2D eigenvalue weighted by Gasteiger charge is 2.10. The van der Waals surface area contributed by atoms with E-state index in [0.29, 0.717) is 19.6 Å². The maximum absolute atomic E-state index is 9.43. The first-order chi connectivity index (χ1) is 12.8. The Bertz CT molecular complexity index is 823. The molecule has 0 unspecified atom stereocenters. The van der Waals surface area contributed by atoms with E-state index in [1.807, 2.05) is 54.6 Å². The van der Waals surface area contributed by atoms with Crippen LogP contribution in [0.1, 0.15) is 24.0 Å². The van der Waals surface area contributed by atoms with Gasteiger partial charge in [0.15, 0.2) is 0 Å². The standard InChI is InChI=1S/C21H24N4O/c1-2-17-7-5-8-18(23-17)15-25(13-14-26)16-19-9-6-11-21(24-19)20-10-3-4-12-22-20/h3-12,26H,2,13-16H2,1H3. The summed E-state index contributed by atoms with van der Waals surface area (Å²) >= 11 is 0. The molecule has 0 amide bonds. The fourth-order valence-electron chi connectivity index (χ4n) is 2.85. The summed E-state index contributed by atoms with van der Waals surface area (Å²) in [7, 11) is 0. The van der Waals surface area contributed by atoms with Crippen molar-refractivity contribution in [2.45, 2.75) is 26.4 Å². The molecule has 1 N–H and O–H groups in total. The Morgan fingerprint density at radius 3 is 2.19 bits per heavy atom. The third-order valence-corrected chi connectivity index (χ3v) is 4.15. The van der Waals surface area contributed by atoms with Crippen LogP contribution >= 0.6 is 0 Å². The van der Waals surface area contributed by atoms with E-state index in [0.717, 1.165) is 34.9 Å². The molecule has 3 heterocycles. The summed E-state index contributed by atoms with van der Waals surface area (Å²) < 4.78 is 0. The Kier molecular flexibility index (Phi) is 6.41. The van der Waals surface area contributed by atoms with Crippen LogP contribution in [0.5, 0.6) is 0 Å². The van der Waals surface area contributed by atoms with Gasteiger partial charge in [-0.15, -0.1) is 0 Å². The molecule has 0 bridgehead atoms. The van der Waals surface area contributed by atoms with Gasteiger partial charge in [0.25, 0.3) is 0 Å². The molecule has 0 spiro atoms. The van der Waals surface area contributed by atoms with E-state index in [-0.39, 0.29) is 6.61 Å². The van der Waals surface area contributed by atoms with Gasteiger partial charge < -0.3 is 5.11 Å². The molecule has 0 radical (unpaired) electrons. The molecule has 5 nitrogen and oxygen atoms in total. The minimum atomic E-state index is 0.105. The van der Waals surface area contributed by atoms with Crippen LogP contribution in [0, 0.1) is 0 Å². The zero-order valence-electron chi connectivity index (χ0n) is 15.0. The SMILES string of the molecule is CCc1cccc(CN(CCO)Cc2cccc(-c3ccccn3)n2)n1. The number of pyridine rings is 3. The zero-order chi connectivity index (χ0) is 18.2. The Hall–Kier alpha value is -2.63. The smallest absolute Gasteiger partial charge is 0.0890 e.